The lowest BCUT2D eigenvalue weighted by atomic mass is 9.77. The molecule has 31 heavy (non-hydrogen) atoms. The van der Waals surface area contributed by atoms with Gasteiger partial charge < -0.3 is 4.90 Å². The highest BCUT2D eigenvalue weighted by atomic mass is 15.1. The van der Waals surface area contributed by atoms with E-state index in [2.05, 4.69) is 59.5 Å². The van der Waals surface area contributed by atoms with Crippen LogP contribution in [0.15, 0.2) is 48.5 Å². The number of hydrogen-bond acceptors (Lipinski definition) is 2. The van der Waals surface area contributed by atoms with Gasteiger partial charge in [-0.2, -0.15) is 5.26 Å². The zero-order valence-corrected chi connectivity index (χ0v) is 18.1. The van der Waals surface area contributed by atoms with Crippen molar-refractivity contribution in [2.45, 2.75) is 57.9 Å². The van der Waals surface area contributed by atoms with Gasteiger partial charge in [0.1, 0.15) is 6.07 Å². The van der Waals surface area contributed by atoms with E-state index in [-0.39, 0.29) is 0 Å². The average Bonchev–Trinajstić information content (AvgIpc) is 3.08. The fourth-order valence-corrected chi connectivity index (χ4v) is 6.19. The number of rotatable bonds is 1. The Morgan fingerprint density at radius 3 is 2.26 bits per heavy atom. The molecule has 1 heterocycles. The summed E-state index contributed by atoms with van der Waals surface area (Å²) in [6.07, 6.45) is 9.04. The molecule has 3 aromatic carbocycles. The second-order valence-corrected chi connectivity index (χ2v) is 9.30. The highest BCUT2D eigenvalue weighted by Gasteiger charge is 2.31. The molecule has 0 spiro atoms. The van der Waals surface area contributed by atoms with E-state index in [4.69, 9.17) is 0 Å². The zero-order chi connectivity index (χ0) is 20.8. The first kappa shape index (κ1) is 18.7. The van der Waals surface area contributed by atoms with Gasteiger partial charge >= 0.3 is 0 Å². The van der Waals surface area contributed by atoms with Gasteiger partial charge in [0.2, 0.25) is 0 Å². The molecule has 0 saturated heterocycles. The molecule has 0 aromatic heterocycles. The van der Waals surface area contributed by atoms with Crippen LogP contribution in [-0.4, -0.2) is 6.54 Å². The van der Waals surface area contributed by atoms with E-state index in [1.54, 1.807) is 0 Å². The maximum Gasteiger partial charge on any atom is 0.102 e. The van der Waals surface area contributed by atoms with E-state index >= 15 is 0 Å². The molecule has 1 aliphatic heterocycles. The number of benzene rings is 3. The van der Waals surface area contributed by atoms with Gasteiger partial charge in [-0.25, -0.2) is 0 Å². The molecular formula is C29H28N2. The van der Waals surface area contributed by atoms with Crippen molar-refractivity contribution in [3.8, 4) is 17.2 Å². The van der Waals surface area contributed by atoms with Crippen LogP contribution in [0.1, 0.15) is 58.2 Å². The Bertz CT molecular complexity index is 1210. The molecular weight excluding hydrogens is 376 g/mol. The van der Waals surface area contributed by atoms with Crippen molar-refractivity contribution in [3.63, 3.8) is 0 Å². The standard InChI is InChI=1S/C29H28N2/c30-18-27-24-12-2-1-3-13-25(24)28-23-11-7-6-9-21(23)14-15-26(28)29(27)31-17-16-20-8-4-5-10-22(20)19-31/h4-11H,1-3,12-17,19H2. The number of anilines is 1. The van der Waals surface area contributed by atoms with Gasteiger partial charge in [-0.1, -0.05) is 55.0 Å². The van der Waals surface area contributed by atoms with Crippen molar-refractivity contribution in [1.29, 1.82) is 5.26 Å². The lowest BCUT2D eigenvalue weighted by Crippen LogP contribution is -2.33. The van der Waals surface area contributed by atoms with Gasteiger partial charge in [0.25, 0.3) is 0 Å². The summed E-state index contributed by atoms with van der Waals surface area (Å²) >= 11 is 0. The molecule has 2 aliphatic carbocycles. The van der Waals surface area contributed by atoms with E-state index in [1.807, 2.05) is 0 Å². The molecule has 0 radical (unpaired) electrons. The first-order valence-electron chi connectivity index (χ1n) is 11.9. The van der Waals surface area contributed by atoms with Gasteiger partial charge in [0.15, 0.2) is 0 Å². The quantitative estimate of drug-likeness (QED) is 0.455. The fourth-order valence-electron chi connectivity index (χ4n) is 6.19. The Balaban J connectivity index is 1.61. The Labute approximate surface area is 185 Å². The molecule has 3 aromatic rings. The molecule has 2 nitrogen and oxygen atoms in total. The summed E-state index contributed by atoms with van der Waals surface area (Å²) in [5.41, 5.74) is 13.8. The van der Waals surface area contributed by atoms with Gasteiger partial charge in [-0.15, -0.1) is 0 Å². The molecule has 0 atom stereocenters. The molecule has 6 rings (SSSR count). The zero-order valence-electron chi connectivity index (χ0n) is 18.1. The number of fused-ring (bicyclic) bond motifs is 6. The monoisotopic (exact) mass is 404 g/mol. The second-order valence-electron chi connectivity index (χ2n) is 9.30. The first-order valence-corrected chi connectivity index (χ1v) is 11.9. The molecule has 154 valence electrons. The minimum absolute atomic E-state index is 0.914. The summed E-state index contributed by atoms with van der Waals surface area (Å²) < 4.78 is 0. The highest BCUT2D eigenvalue weighted by molar-refractivity contribution is 5.86. The van der Waals surface area contributed by atoms with Crippen molar-refractivity contribution >= 4 is 5.69 Å². The average molecular weight is 405 g/mol. The Morgan fingerprint density at radius 2 is 1.42 bits per heavy atom. The molecule has 3 aliphatic rings. The molecule has 2 heteroatoms. The van der Waals surface area contributed by atoms with Crippen molar-refractivity contribution in [2.24, 2.45) is 0 Å². The second kappa shape index (κ2) is 7.57. The van der Waals surface area contributed by atoms with Gasteiger partial charge in [-0.3, -0.25) is 0 Å². The van der Waals surface area contributed by atoms with Crippen LogP contribution in [0.2, 0.25) is 0 Å². The molecule has 0 saturated carbocycles. The van der Waals surface area contributed by atoms with Crippen molar-refractivity contribution in [2.75, 3.05) is 11.4 Å². The third-order valence-electron chi connectivity index (χ3n) is 7.64. The fraction of sp³-hybridized carbons (Fsp3) is 0.345. The molecule has 0 N–H and O–H groups in total. The van der Waals surface area contributed by atoms with E-state index < -0.39 is 0 Å². The summed E-state index contributed by atoms with van der Waals surface area (Å²) in [7, 11) is 0. The minimum atomic E-state index is 0.914. The molecule has 0 unspecified atom stereocenters. The highest BCUT2D eigenvalue weighted by Crippen LogP contribution is 2.47. The van der Waals surface area contributed by atoms with E-state index in [9.17, 15) is 5.26 Å². The van der Waals surface area contributed by atoms with Crippen LogP contribution in [0.25, 0.3) is 11.1 Å². The maximum absolute atomic E-state index is 10.4. The van der Waals surface area contributed by atoms with Gasteiger partial charge in [-0.05, 0) is 89.5 Å². The third kappa shape index (κ3) is 2.99. The lowest BCUT2D eigenvalue weighted by molar-refractivity contribution is 0.711. The predicted octanol–water partition coefficient (Wildman–Crippen LogP) is 6.16. The van der Waals surface area contributed by atoms with Crippen molar-refractivity contribution < 1.29 is 0 Å². The smallest absolute Gasteiger partial charge is 0.102 e. The summed E-state index contributed by atoms with van der Waals surface area (Å²) in [4.78, 5) is 2.53. The summed E-state index contributed by atoms with van der Waals surface area (Å²) in [5, 5.41) is 10.4. The SMILES string of the molecule is N#Cc1c2c(c3c(c1N1CCc4ccccc4C1)CCc1ccccc1-3)CCCCC2. The lowest BCUT2D eigenvalue weighted by Gasteiger charge is -2.37. The predicted molar refractivity (Wildman–Crippen MR) is 126 cm³/mol. The number of nitrogens with zero attached hydrogens (tertiary/aromatic N) is 2. The Kier molecular flexibility index (Phi) is 4.57. The normalized spacial score (nSPS) is 16.9. The number of hydrogen-bond donors (Lipinski definition) is 0. The third-order valence-corrected chi connectivity index (χ3v) is 7.64. The van der Waals surface area contributed by atoms with Crippen LogP contribution in [0, 0.1) is 11.3 Å². The van der Waals surface area contributed by atoms with Crippen molar-refractivity contribution in [3.05, 3.63) is 87.5 Å². The Morgan fingerprint density at radius 1 is 0.677 bits per heavy atom. The summed E-state index contributed by atoms with van der Waals surface area (Å²) in [6.45, 7) is 1.91. The summed E-state index contributed by atoms with van der Waals surface area (Å²) in [6, 6.07) is 20.5. The van der Waals surface area contributed by atoms with Crippen LogP contribution in [0.3, 0.4) is 0 Å². The maximum atomic E-state index is 10.4. The molecule has 0 bridgehead atoms. The first-order chi connectivity index (χ1) is 15.3. The van der Waals surface area contributed by atoms with Gasteiger partial charge in [0.05, 0.1) is 11.3 Å². The van der Waals surface area contributed by atoms with Crippen molar-refractivity contribution in [1.82, 2.24) is 0 Å². The topological polar surface area (TPSA) is 27.0 Å². The van der Waals surface area contributed by atoms with E-state index in [1.165, 1.54) is 69.5 Å². The van der Waals surface area contributed by atoms with Gasteiger partial charge in [0, 0.05) is 13.1 Å². The number of nitriles is 1. The van der Waals surface area contributed by atoms with Crippen LogP contribution < -0.4 is 4.90 Å². The van der Waals surface area contributed by atoms with E-state index in [0.717, 1.165) is 50.8 Å². The largest absolute Gasteiger partial charge is 0.366 e. The molecule has 0 amide bonds. The Hall–Kier alpha value is -3.05. The van der Waals surface area contributed by atoms with Crippen LogP contribution in [0.5, 0.6) is 0 Å². The van der Waals surface area contributed by atoms with Crippen LogP contribution in [-0.2, 0) is 38.6 Å². The number of aryl methyl sites for hydroxylation is 1. The molecule has 0 fully saturated rings. The van der Waals surface area contributed by atoms with Crippen LogP contribution >= 0.6 is 0 Å². The minimum Gasteiger partial charge on any atom is -0.366 e. The van der Waals surface area contributed by atoms with Crippen LogP contribution in [0.4, 0.5) is 5.69 Å². The van der Waals surface area contributed by atoms with E-state index in [0.29, 0.717) is 0 Å². The summed E-state index contributed by atoms with van der Waals surface area (Å²) in [5.74, 6) is 0.